The summed E-state index contributed by atoms with van der Waals surface area (Å²) in [4.78, 5) is 32.8. The van der Waals surface area contributed by atoms with E-state index in [9.17, 15) is 9.59 Å². The molecule has 5 heteroatoms. The van der Waals surface area contributed by atoms with Gasteiger partial charge < -0.3 is 9.80 Å². The van der Waals surface area contributed by atoms with E-state index in [-0.39, 0.29) is 23.1 Å². The predicted molar refractivity (Wildman–Crippen MR) is 108 cm³/mol. The van der Waals surface area contributed by atoms with Crippen molar-refractivity contribution in [2.24, 2.45) is 0 Å². The summed E-state index contributed by atoms with van der Waals surface area (Å²) in [6.07, 6.45) is 6.78. The SMILES string of the molecule is CN(C)C(=O)C[C@@H]1CC2(CCN(C(=O)c3cccnc3)CC2)c2ccccc21. The molecule has 4 rings (SSSR count). The molecule has 1 aromatic heterocycles. The monoisotopic (exact) mass is 377 g/mol. The zero-order valence-electron chi connectivity index (χ0n) is 16.6. The molecule has 0 radical (unpaired) electrons. The highest BCUT2D eigenvalue weighted by atomic mass is 16.2. The first-order valence-electron chi connectivity index (χ1n) is 9.99. The number of amides is 2. The molecular formula is C23H27N3O2. The van der Waals surface area contributed by atoms with Gasteiger partial charge in [0.2, 0.25) is 5.91 Å². The van der Waals surface area contributed by atoms with Gasteiger partial charge in [-0.25, -0.2) is 0 Å². The van der Waals surface area contributed by atoms with Gasteiger partial charge in [-0.3, -0.25) is 14.6 Å². The van der Waals surface area contributed by atoms with Crippen LogP contribution in [0.1, 0.15) is 53.1 Å². The number of hydrogen-bond donors (Lipinski definition) is 0. The number of hydrogen-bond acceptors (Lipinski definition) is 3. The summed E-state index contributed by atoms with van der Waals surface area (Å²) in [6, 6.07) is 12.2. The van der Waals surface area contributed by atoms with Gasteiger partial charge in [0.1, 0.15) is 0 Å². The zero-order chi connectivity index (χ0) is 19.7. The molecule has 1 aliphatic carbocycles. The average molecular weight is 377 g/mol. The van der Waals surface area contributed by atoms with Gasteiger partial charge in [0, 0.05) is 46.0 Å². The Bertz CT molecular complexity index is 870. The number of pyridine rings is 1. The van der Waals surface area contributed by atoms with Crippen molar-refractivity contribution in [2.75, 3.05) is 27.2 Å². The molecule has 146 valence electrons. The number of rotatable bonds is 3. The normalized spacial score (nSPS) is 20.1. The zero-order valence-corrected chi connectivity index (χ0v) is 16.6. The number of nitrogens with zero attached hydrogens (tertiary/aromatic N) is 3. The molecule has 2 amide bonds. The quantitative estimate of drug-likeness (QED) is 0.825. The van der Waals surface area contributed by atoms with Crippen LogP contribution < -0.4 is 0 Å². The van der Waals surface area contributed by atoms with Crippen LogP contribution in [0.2, 0.25) is 0 Å². The lowest BCUT2D eigenvalue weighted by Crippen LogP contribution is -2.44. The van der Waals surface area contributed by atoms with E-state index in [0.717, 1.165) is 32.4 Å². The molecule has 1 saturated heterocycles. The molecule has 1 atom stereocenters. The van der Waals surface area contributed by atoms with Gasteiger partial charge in [-0.2, -0.15) is 0 Å². The molecule has 2 aromatic rings. The van der Waals surface area contributed by atoms with Crippen LogP contribution in [0.4, 0.5) is 0 Å². The van der Waals surface area contributed by atoms with E-state index in [1.54, 1.807) is 23.4 Å². The molecule has 1 fully saturated rings. The first kappa shape index (κ1) is 18.7. The number of benzene rings is 1. The molecule has 0 unspecified atom stereocenters. The molecule has 1 spiro atoms. The molecule has 0 saturated carbocycles. The first-order valence-corrected chi connectivity index (χ1v) is 9.99. The third-order valence-corrected chi connectivity index (χ3v) is 6.45. The standard InChI is InChI=1S/C23H27N3O2/c1-25(2)21(27)14-18-15-23(20-8-4-3-7-19(18)20)9-12-26(13-10-23)22(28)17-6-5-11-24-16-17/h3-8,11,16,18H,9-10,12-15H2,1-2H3/t18-/m1/s1. The Morgan fingerprint density at radius 3 is 2.57 bits per heavy atom. The number of aromatic nitrogens is 1. The van der Waals surface area contributed by atoms with Crippen LogP contribution in [-0.4, -0.2) is 53.8 Å². The highest BCUT2D eigenvalue weighted by Gasteiger charge is 2.46. The highest BCUT2D eigenvalue weighted by molar-refractivity contribution is 5.94. The average Bonchev–Trinajstić information content (AvgIpc) is 3.02. The van der Waals surface area contributed by atoms with Crippen LogP contribution in [0.25, 0.3) is 0 Å². The molecule has 28 heavy (non-hydrogen) atoms. The minimum Gasteiger partial charge on any atom is -0.349 e. The van der Waals surface area contributed by atoms with E-state index in [4.69, 9.17) is 0 Å². The van der Waals surface area contributed by atoms with Gasteiger partial charge in [0.25, 0.3) is 5.91 Å². The van der Waals surface area contributed by atoms with E-state index in [1.165, 1.54) is 11.1 Å². The molecular weight excluding hydrogens is 350 g/mol. The summed E-state index contributed by atoms with van der Waals surface area (Å²) in [6.45, 7) is 1.49. The largest absolute Gasteiger partial charge is 0.349 e. The van der Waals surface area contributed by atoms with E-state index >= 15 is 0 Å². The lowest BCUT2D eigenvalue weighted by molar-refractivity contribution is -0.129. The van der Waals surface area contributed by atoms with Crippen molar-refractivity contribution in [3.8, 4) is 0 Å². The molecule has 1 aliphatic heterocycles. The number of fused-ring (bicyclic) bond motifs is 2. The Morgan fingerprint density at radius 2 is 1.89 bits per heavy atom. The van der Waals surface area contributed by atoms with Gasteiger partial charge in [-0.05, 0) is 53.9 Å². The summed E-state index contributed by atoms with van der Waals surface area (Å²) in [5.74, 6) is 0.515. The van der Waals surface area contributed by atoms with Crippen molar-refractivity contribution in [3.63, 3.8) is 0 Å². The summed E-state index contributed by atoms with van der Waals surface area (Å²) in [5, 5.41) is 0. The summed E-state index contributed by atoms with van der Waals surface area (Å²) in [7, 11) is 3.64. The van der Waals surface area contributed by atoms with Crippen LogP contribution in [0.5, 0.6) is 0 Å². The van der Waals surface area contributed by atoms with Gasteiger partial charge in [-0.1, -0.05) is 24.3 Å². The van der Waals surface area contributed by atoms with E-state index in [2.05, 4.69) is 29.2 Å². The second-order valence-corrected chi connectivity index (χ2v) is 8.29. The van der Waals surface area contributed by atoms with Crippen LogP contribution in [0.3, 0.4) is 0 Å². The number of carbonyl (C=O) groups excluding carboxylic acids is 2. The molecule has 0 bridgehead atoms. The number of carbonyl (C=O) groups is 2. The van der Waals surface area contributed by atoms with Crippen molar-refractivity contribution in [1.82, 2.24) is 14.8 Å². The summed E-state index contributed by atoms with van der Waals surface area (Å²) < 4.78 is 0. The van der Waals surface area contributed by atoms with Crippen molar-refractivity contribution in [1.29, 1.82) is 0 Å². The van der Waals surface area contributed by atoms with Gasteiger partial charge in [0.05, 0.1) is 5.56 Å². The molecule has 1 aromatic carbocycles. The second-order valence-electron chi connectivity index (χ2n) is 8.29. The van der Waals surface area contributed by atoms with Gasteiger partial charge in [-0.15, -0.1) is 0 Å². The van der Waals surface area contributed by atoms with Crippen molar-refractivity contribution >= 4 is 11.8 Å². The molecule has 0 N–H and O–H groups in total. The molecule has 2 heterocycles. The lowest BCUT2D eigenvalue weighted by atomic mass is 9.73. The third-order valence-electron chi connectivity index (χ3n) is 6.45. The van der Waals surface area contributed by atoms with Gasteiger partial charge in [0.15, 0.2) is 0 Å². The van der Waals surface area contributed by atoms with E-state index < -0.39 is 0 Å². The number of likely N-dealkylation sites (tertiary alicyclic amines) is 1. The summed E-state index contributed by atoms with van der Waals surface area (Å²) >= 11 is 0. The van der Waals surface area contributed by atoms with Gasteiger partial charge >= 0.3 is 0 Å². The maximum atomic E-state index is 12.8. The minimum absolute atomic E-state index is 0.0635. The fraction of sp³-hybridized carbons (Fsp3) is 0.435. The fourth-order valence-corrected chi connectivity index (χ4v) is 4.89. The maximum Gasteiger partial charge on any atom is 0.255 e. The highest BCUT2D eigenvalue weighted by Crippen LogP contribution is 2.52. The number of piperidine rings is 1. The Morgan fingerprint density at radius 1 is 1.14 bits per heavy atom. The molecule has 2 aliphatic rings. The third kappa shape index (κ3) is 3.30. The fourth-order valence-electron chi connectivity index (χ4n) is 4.89. The van der Waals surface area contributed by atoms with Crippen molar-refractivity contribution < 1.29 is 9.59 Å². The van der Waals surface area contributed by atoms with E-state index in [1.807, 2.05) is 25.1 Å². The van der Waals surface area contributed by atoms with Crippen LogP contribution in [0, 0.1) is 0 Å². The molecule has 5 nitrogen and oxygen atoms in total. The first-order chi connectivity index (χ1) is 13.5. The topological polar surface area (TPSA) is 53.5 Å². The van der Waals surface area contributed by atoms with Crippen LogP contribution in [0.15, 0.2) is 48.8 Å². The van der Waals surface area contributed by atoms with Crippen molar-refractivity contribution in [2.45, 2.75) is 37.0 Å². The van der Waals surface area contributed by atoms with Crippen molar-refractivity contribution in [3.05, 3.63) is 65.5 Å². The lowest BCUT2D eigenvalue weighted by Gasteiger charge is -2.40. The van der Waals surface area contributed by atoms with Crippen LogP contribution >= 0.6 is 0 Å². The minimum atomic E-state index is 0.0635. The maximum absolute atomic E-state index is 12.8. The second kappa shape index (κ2) is 7.38. The van der Waals surface area contributed by atoms with Crippen LogP contribution in [-0.2, 0) is 10.2 Å². The summed E-state index contributed by atoms with van der Waals surface area (Å²) in [5.41, 5.74) is 3.45. The smallest absolute Gasteiger partial charge is 0.255 e. The Balaban J connectivity index is 1.52. The Hall–Kier alpha value is -2.69. The Kier molecular flexibility index (Phi) is 4.92. The predicted octanol–water partition coefficient (Wildman–Crippen LogP) is 3.22. The van der Waals surface area contributed by atoms with E-state index in [0.29, 0.717) is 12.0 Å². The Labute approximate surface area is 166 Å².